The van der Waals surface area contributed by atoms with Crippen molar-refractivity contribution in [3.8, 4) is 0 Å². The van der Waals surface area contributed by atoms with Gasteiger partial charge in [0, 0.05) is 6.42 Å². The van der Waals surface area contributed by atoms with E-state index < -0.39 is 0 Å². The number of unbranched alkanes of at least 4 members (excludes halogenated alkanes) is 2. The molecule has 0 aliphatic heterocycles. The van der Waals surface area contributed by atoms with Gasteiger partial charge in [-0.3, -0.25) is 9.69 Å². The van der Waals surface area contributed by atoms with E-state index in [4.69, 9.17) is 0 Å². The maximum Gasteiger partial charge on any atom is 0.220 e. The molecule has 0 aliphatic carbocycles. The van der Waals surface area contributed by atoms with E-state index >= 15 is 0 Å². The summed E-state index contributed by atoms with van der Waals surface area (Å²) >= 11 is 0. The van der Waals surface area contributed by atoms with Crippen LogP contribution in [0.4, 0.5) is 0 Å². The highest BCUT2D eigenvalue weighted by Crippen LogP contribution is 1.98. The second kappa shape index (κ2) is 9.00. The molecule has 3 nitrogen and oxygen atoms in total. The third-order valence-corrected chi connectivity index (χ3v) is 2.40. The Bertz CT molecular complexity index is 144. The van der Waals surface area contributed by atoms with Crippen molar-refractivity contribution in [3.05, 3.63) is 0 Å². The molecule has 0 aromatic carbocycles. The number of nitrogens with one attached hydrogen (secondary N) is 1. The van der Waals surface area contributed by atoms with Gasteiger partial charge >= 0.3 is 0 Å². The molecule has 3 heteroatoms. The number of nitrogens with zero attached hydrogens (tertiary/aromatic N) is 1. The largest absolute Gasteiger partial charge is 0.343 e. The Morgan fingerprint density at radius 2 is 1.79 bits per heavy atom. The van der Waals surface area contributed by atoms with Gasteiger partial charge in [-0.1, -0.05) is 33.6 Å². The fourth-order valence-corrected chi connectivity index (χ4v) is 1.27. The summed E-state index contributed by atoms with van der Waals surface area (Å²) < 4.78 is 0. The quantitative estimate of drug-likeness (QED) is 0.480. The third kappa shape index (κ3) is 6.89. The Morgan fingerprint density at radius 1 is 1.14 bits per heavy atom. The van der Waals surface area contributed by atoms with Crippen molar-refractivity contribution in [1.82, 2.24) is 10.2 Å². The number of amides is 1. The second-order valence-corrected chi connectivity index (χ2v) is 3.52. The monoisotopic (exact) mass is 200 g/mol. The molecule has 0 aromatic rings. The number of hydrogen-bond acceptors (Lipinski definition) is 2. The first-order valence-corrected chi connectivity index (χ1v) is 5.73. The Labute approximate surface area is 87.9 Å². The van der Waals surface area contributed by atoms with Crippen LogP contribution in [0.15, 0.2) is 0 Å². The summed E-state index contributed by atoms with van der Waals surface area (Å²) in [6.07, 6.45) is 4.01. The second-order valence-electron chi connectivity index (χ2n) is 3.52. The Morgan fingerprint density at radius 3 is 2.29 bits per heavy atom. The molecule has 1 N–H and O–H groups in total. The summed E-state index contributed by atoms with van der Waals surface area (Å²) in [6.45, 7) is 9.03. The summed E-state index contributed by atoms with van der Waals surface area (Å²) in [7, 11) is 0. The summed E-state index contributed by atoms with van der Waals surface area (Å²) in [4.78, 5) is 13.5. The molecule has 0 saturated carbocycles. The molecule has 0 aliphatic rings. The third-order valence-electron chi connectivity index (χ3n) is 2.40. The van der Waals surface area contributed by atoms with Gasteiger partial charge < -0.3 is 5.32 Å². The van der Waals surface area contributed by atoms with Gasteiger partial charge in [0.2, 0.25) is 5.91 Å². The lowest BCUT2D eigenvalue weighted by molar-refractivity contribution is -0.121. The van der Waals surface area contributed by atoms with Gasteiger partial charge in [0.1, 0.15) is 0 Å². The lowest BCUT2D eigenvalue weighted by atomic mass is 10.2. The number of rotatable bonds is 8. The fraction of sp³-hybridized carbons (Fsp3) is 0.909. The highest BCUT2D eigenvalue weighted by Gasteiger charge is 2.02. The van der Waals surface area contributed by atoms with Crippen LogP contribution >= 0.6 is 0 Å². The van der Waals surface area contributed by atoms with E-state index in [1.54, 1.807) is 0 Å². The van der Waals surface area contributed by atoms with Gasteiger partial charge in [0.25, 0.3) is 0 Å². The Kier molecular flexibility index (Phi) is 8.64. The first-order valence-electron chi connectivity index (χ1n) is 5.73. The predicted octanol–water partition coefficient (Wildman–Crippen LogP) is 1.98. The molecule has 0 spiro atoms. The summed E-state index contributed by atoms with van der Waals surface area (Å²) in [5.74, 6) is 0.186. The molecular formula is C11H24N2O. The Balaban J connectivity index is 3.42. The van der Waals surface area contributed by atoms with Crippen LogP contribution in [-0.2, 0) is 4.79 Å². The van der Waals surface area contributed by atoms with Crippen molar-refractivity contribution >= 4 is 5.91 Å². The smallest absolute Gasteiger partial charge is 0.220 e. The first-order chi connectivity index (χ1) is 6.74. The van der Waals surface area contributed by atoms with Crippen LogP contribution in [0, 0.1) is 0 Å². The van der Waals surface area contributed by atoms with Crippen molar-refractivity contribution in [2.24, 2.45) is 0 Å². The van der Waals surface area contributed by atoms with Crippen LogP contribution < -0.4 is 5.32 Å². The van der Waals surface area contributed by atoms with E-state index in [0.29, 0.717) is 13.1 Å². The van der Waals surface area contributed by atoms with E-state index in [1.165, 1.54) is 6.42 Å². The zero-order valence-electron chi connectivity index (χ0n) is 9.81. The van der Waals surface area contributed by atoms with Crippen LogP contribution in [0.3, 0.4) is 0 Å². The van der Waals surface area contributed by atoms with E-state index in [1.807, 2.05) is 0 Å². The zero-order valence-corrected chi connectivity index (χ0v) is 9.81. The van der Waals surface area contributed by atoms with E-state index in [9.17, 15) is 4.79 Å². The maximum absolute atomic E-state index is 11.3. The summed E-state index contributed by atoms with van der Waals surface area (Å²) in [5.41, 5.74) is 0. The average molecular weight is 200 g/mol. The van der Waals surface area contributed by atoms with Crippen molar-refractivity contribution in [2.45, 2.75) is 46.5 Å². The standard InChI is InChI=1S/C11H24N2O/c1-4-7-8-9-11(14)12-10-13(5-2)6-3/h4-10H2,1-3H3,(H,12,14). The molecule has 0 fully saturated rings. The predicted molar refractivity (Wildman–Crippen MR) is 60.1 cm³/mol. The Hall–Kier alpha value is -0.570. The highest BCUT2D eigenvalue weighted by molar-refractivity contribution is 5.75. The van der Waals surface area contributed by atoms with Crippen molar-refractivity contribution in [1.29, 1.82) is 0 Å². The van der Waals surface area contributed by atoms with E-state index in [0.717, 1.165) is 25.9 Å². The molecule has 0 heterocycles. The van der Waals surface area contributed by atoms with Crippen LogP contribution in [-0.4, -0.2) is 30.6 Å². The highest BCUT2D eigenvalue weighted by atomic mass is 16.1. The van der Waals surface area contributed by atoms with Crippen molar-refractivity contribution in [2.75, 3.05) is 19.8 Å². The fourth-order valence-electron chi connectivity index (χ4n) is 1.27. The molecule has 0 unspecified atom stereocenters. The van der Waals surface area contributed by atoms with Gasteiger partial charge in [0.15, 0.2) is 0 Å². The molecule has 0 rings (SSSR count). The number of hydrogen-bond donors (Lipinski definition) is 1. The number of carbonyl (C=O) groups excluding carboxylic acids is 1. The number of carbonyl (C=O) groups is 1. The summed E-state index contributed by atoms with van der Waals surface area (Å²) in [5, 5.41) is 2.93. The van der Waals surface area contributed by atoms with Gasteiger partial charge in [-0.2, -0.15) is 0 Å². The minimum Gasteiger partial charge on any atom is -0.343 e. The van der Waals surface area contributed by atoms with Crippen molar-refractivity contribution < 1.29 is 4.79 Å². The van der Waals surface area contributed by atoms with Gasteiger partial charge in [-0.25, -0.2) is 0 Å². The normalized spacial score (nSPS) is 10.6. The molecule has 0 saturated heterocycles. The van der Waals surface area contributed by atoms with E-state index in [-0.39, 0.29) is 5.91 Å². The molecule has 0 bridgehead atoms. The average Bonchev–Trinajstić information content (AvgIpc) is 2.20. The van der Waals surface area contributed by atoms with Crippen LogP contribution in [0.25, 0.3) is 0 Å². The minimum absolute atomic E-state index is 0.186. The SMILES string of the molecule is CCCCCC(=O)NCN(CC)CC. The topological polar surface area (TPSA) is 32.3 Å². The molecular weight excluding hydrogens is 176 g/mol. The lowest BCUT2D eigenvalue weighted by Gasteiger charge is -2.18. The summed E-state index contributed by atoms with van der Waals surface area (Å²) in [6, 6.07) is 0. The molecule has 0 aromatic heterocycles. The maximum atomic E-state index is 11.3. The van der Waals surface area contributed by atoms with Gasteiger partial charge in [-0.05, 0) is 19.5 Å². The molecule has 14 heavy (non-hydrogen) atoms. The van der Waals surface area contributed by atoms with Gasteiger partial charge in [-0.15, -0.1) is 0 Å². The van der Waals surface area contributed by atoms with Crippen LogP contribution in [0.5, 0.6) is 0 Å². The first kappa shape index (κ1) is 13.4. The van der Waals surface area contributed by atoms with E-state index in [2.05, 4.69) is 31.0 Å². The minimum atomic E-state index is 0.186. The van der Waals surface area contributed by atoms with Gasteiger partial charge in [0.05, 0.1) is 6.67 Å². The molecule has 1 amide bonds. The van der Waals surface area contributed by atoms with Crippen LogP contribution in [0.1, 0.15) is 46.5 Å². The molecule has 84 valence electrons. The van der Waals surface area contributed by atoms with Crippen LogP contribution in [0.2, 0.25) is 0 Å². The molecule has 0 radical (unpaired) electrons. The van der Waals surface area contributed by atoms with Crippen molar-refractivity contribution in [3.63, 3.8) is 0 Å². The zero-order chi connectivity index (χ0) is 10.8. The molecule has 0 atom stereocenters. The lowest BCUT2D eigenvalue weighted by Crippen LogP contribution is -2.37.